The zero-order valence-electron chi connectivity index (χ0n) is 16.5. The van der Waals surface area contributed by atoms with Gasteiger partial charge in [-0.3, -0.25) is 24.7 Å². The van der Waals surface area contributed by atoms with Crippen molar-refractivity contribution in [1.29, 1.82) is 0 Å². The number of nitrogens with one attached hydrogen (secondary N) is 1. The minimum Gasteiger partial charge on any atom is -0.492 e. The highest BCUT2D eigenvalue weighted by atomic mass is 32.2. The molecule has 9 heteroatoms. The molecule has 1 atom stereocenters. The van der Waals surface area contributed by atoms with Gasteiger partial charge in [-0.15, -0.1) is 0 Å². The largest absolute Gasteiger partial charge is 0.492 e. The zero-order chi connectivity index (χ0) is 21.7. The summed E-state index contributed by atoms with van der Waals surface area (Å²) in [5.41, 5.74) is 1.84. The number of carbonyl (C=O) groups is 3. The smallest absolute Gasteiger partial charge is 0.285 e. The van der Waals surface area contributed by atoms with Gasteiger partial charge in [0, 0.05) is 7.05 Å². The molecule has 1 saturated heterocycles. The molecule has 30 heavy (non-hydrogen) atoms. The number of benzene rings is 2. The Kier molecular flexibility index (Phi) is 6.61. The van der Waals surface area contributed by atoms with Gasteiger partial charge in [-0.05, 0) is 43.0 Å². The van der Waals surface area contributed by atoms with E-state index >= 15 is 0 Å². The van der Waals surface area contributed by atoms with Gasteiger partial charge in [0.1, 0.15) is 20.2 Å². The molecule has 2 aromatic rings. The maximum absolute atomic E-state index is 12.6. The fraction of sp³-hybridized carbons (Fsp3) is 0.238. The molecule has 0 saturated carbocycles. The van der Waals surface area contributed by atoms with E-state index in [-0.39, 0.29) is 12.3 Å². The van der Waals surface area contributed by atoms with Crippen LogP contribution in [-0.2, 0) is 11.2 Å². The van der Waals surface area contributed by atoms with Crippen LogP contribution >= 0.6 is 11.8 Å². The highest BCUT2D eigenvalue weighted by Gasteiger charge is 2.42. The maximum atomic E-state index is 12.6. The predicted molar refractivity (Wildman–Crippen MR) is 118 cm³/mol. The topological polar surface area (TPSA) is 88.1 Å². The number of hydrogen-bond acceptors (Lipinski definition) is 6. The number of hydrogen-bond donors (Lipinski definition) is 1. The Balaban J connectivity index is 1.52. The van der Waals surface area contributed by atoms with Crippen molar-refractivity contribution in [2.75, 3.05) is 20.2 Å². The van der Waals surface area contributed by atoms with Crippen LogP contribution in [0.5, 0.6) is 5.75 Å². The molecule has 2 aromatic carbocycles. The molecule has 2 radical (unpaired) electrons. The third kappa shape index (κ3) is 4.91. The van der Waals surface area contributed by atoms with Crippen LogP contribution in [0.3, 0.4) is 0 Å². The number of para-hydroxylation sites is 1. The number of aliphatic imine (C=N–C) groups is 1. The second-order valence-corrected chi connectivity index (χ2v) is 8.11. The summed E-state index contributed by atoms with van der Waals surface area (Å²) in [4.78, 5) is 41.2. The van der Waals surface area contributed by atoms with Crippen LogP contribution in [0.2, 0.25) is 0 Å². The average Bonchev–Trinajstić information content (AvgIpc) is 2.99. The van der Waals surface area contributed by atoms with Gasteiger partial charge in [0.05, 0.1) is 22.4 Å². The number of rotatable bonds is 8. The van der Waals surface area contributed by atoms with E-state index in [0.29, 0.717) is 30.2 Å². The lowest BCUT2D eigenvalue weighted by molar-refractivity contribution is -0.119. The number of nitrogens with zero attached hydrogens (tertiary/aromatic N) is 2. The molecule has 0 unspecified atom stereocenters. The normalized spacial score (nSPS) is 18.0. The van der Waals surface area contributed by atoms with Crippen LogP contribution in [0.4, 0.5) is 10.5 Å². The molecule has 0 spiro atoms. The maximum Gasteiger partial charge on any atom is 0.285 e. The van der Waals surface area contributed by atoms with Crippen molar-refractivity contribution in [2.24, 2.45) is 4.99 Å². The highest BCUT2D eigenvalue weighted by molar-refractivity contribution is 8.17. The van der Waals surface area contributed by atoms with Crippen molar-refractivity contribution in [2.45, 2.75) is 11.1 Å². The molecule has 1 heterocycles. The van der Waals surface area contributed by atoms with Crippen LogP contribution in [0, 0.1) is 0 Å². The first-order valence-corrected chi connectivity index (χ1v) is 10.0. The molecule has 0 bridgehead atoms. The Morgan fingerprint density at radius 3 is 2.57 bits per heavy atom. The molecule has 1 N–H and O–H groups in total. The van der Waals surface area contributed by atoms with Crippen LogP contribution in [0.15, 0.2) is 53.5 Å². The Hall–Kier alpha value is -3.07. The number of thioether (sulfide) groups is 1. The van der Waals surface area contributed by atoms with E-state index in [0.717, 1.165) is 17.3 Å². The van der Waals surface area contributed by atoms with Gasteiger partial charge >= 0.3 is 0 Å². The minimum atomic E-state index is -1.29. The van der Waals surface area contributed by atoms with Crippen LogP contribution in [0.1, 0.15) is 15.9 Å². The van der Waals surface area contributed by atoms with Crippen LogP contribution in [0.25, 0.3) is 0 Å². The Labute approximate surface area is 180 Å². The average molecular weight is 421 g/mol. The first kappa shape index (κ1) is 21.6. The van der Waals surface area contributed by atoms with Gasteiger partial charge in [0.25, 0.3) is 11.1 Å². The quantitative estimate of drug-likeness (QED) is 0.523. The van der Waals surface area contributed by atoms with Gasteiger partial charge in [0.2, 0.25) is 5.91 Å². The molecule has 1 fully saturated rings. The van der Waals surface area contributed by atoms with E-state index in [1.807, 2.05) is 0 Å². The number of likely N-dealkylation sites (N-methyl/N-ethyl adjacent to an activating group) is 1. The molecule has 3 amide bonds. The summed E-state index contributed by atoms with van der Waals surface area (Å²) in [6.45, 7) is 4.18. The second kappa shape index (κ2) is 9.17. The van der Waals surface area contributed by atoms with Gasteiger partial charge in [-0.2, -0.15) is 0 Å². The van der Waals surface area contributed by atoms with Gasteiger partial charge in [0.15, 0.2) is 0 Å². The van der Waals surface area contributed by atoms with E-state index in [4.69, 9.17) is 12.6 Å². The fourth-order valence-electron chi connectivity index (χ4n) is 2.96. The lowest BCUT2D eigenvalue weighted by Gasteiger charge is -2.19. The first-order valence-electron chi connectivity index (χ1n) is 9.18. The lowest BCUT2D eigenvalue weighted by Crippen LogP contribution is -2.38. The zero-order valence-corrected chi connectivity index (χ0v) is 17.3. The van der Waals surface area contributed by atoms with E-state index < -0.39 is 15.8 Å². The lowest BCUT2D eigenvalue weighted by atomic mass is 9.80. The monoisotopic (exact) mass is 421 g/mol. The molecule has 0 aliphatic carbocycles. The third-order valence-electron chi connectivity index (χ3n) is 4.61. The van der Waals surface area contributed by atoms with E-state index in [1.54, 1.807) is 60.5 Å². The van der Waals surface area contributed by atoms with E-state index in [9.17, 15) is 14.4 Å². The summed E-state index contributed by atoms with van der Waals surface area (Å²) in [6, 6.07) is 14.1. The Bertz CT molecular complexity index is 982. The van der Waals surface area contributed by atoms with Crippen molar-refractivity contribution in [3.05, 3.63) is 59.7 Å². The second-order valence-electron chi connectivity index (χ2n) is 6.80. The highest BCUT2D eigenvalue weighted by Crippen LogP contribution is 2.32. The summed E-state index contributed by atoms with van der Waals surface area (Å²) < 4.78 is 4.42. The molecule has 3 rings (SSSR count). The van der Waals surface area contributed by atoms with Crippen molar-refractivity contribution in [3.8, 4) is 5.75 Å². The van der Waals surface area contributed by atoms with Crippen molar-refractivity contribution >= 4 is 49.1 Å². The van der Waals surface area contributed by atoms with Crippen molar-refractivity contribution < 1.29 is 19.1 Å². The summed E-state index contributed by atoms with van der Waals surface area (Å²) in [5, 5.41) is 1.76. The Morgan fingerprint density at radius 2 is 1.93 bits per heavy atom. The number of carbonyl (C=O) groups excluding carboxylic acids is 3. The fourth-order valence-corrected chi connectivity index (χ4v) is 3.82. The van der Waals surface area contributed by atoms with Gasteiger partial charge < -0.3 is 9.64 Å². The molecule has 1 aliphatic heterocycles. The molecule has 1 aliphatic rings. The summed E-state index contributed by atoms with van der Waals surface area (Å²) in [5.74, 6) is -0.0238. The van der Waals surface area contributed by atoms with Crippen LogP contribution in [-0.4, -0.2) is 61.4 Å². The Morgan fingerprint density at radius 1 is 1.23 bits per heavy atom. The standard InChI is InChI=1S/C21H20BN3O4S/c1-23-17-6-4-3-5-16(17)18(26)25(2)11-12-29-15-9-7-14(8-10-15)13-21(22)19(27)24-20(28)30-21/h3-10H,1,11-13H2,2H3,(H,24,27,28)/t21-/m0/s1. The molecule has 7 nitrogen and oxygen atoms in total. The van der Waals surface area contributed by atoms with Crippen molar-refractivity contribution in [1.82, 2.24) is 10.2 Å². The van der Waals surface area contributed by atoms with Crippen molar-refractivity contribution in [3.63, 3.8) is 0 Å². The SMILES string of the molecule is [B][C@@]1(Cc2ccc(OCCN(C)C(=O)c3ccccc3N=C)cc2)SC(=O)NC1=O. The number of ether oxygens (including phenoxy) is 1. The van der Waals surface area contributed by atoms with E-state index in [1.165, 1.54) is 0 Å². The third-order valence-corrected chi connectivity index (χ3v) is 5.59. The minimum absolute atomic E-state index is 0.160. The number of amides is 3. The first-order chi connectivity index (χ1) is 14.3. The summed E-state index contributed by atoms with van der Waals surface area (Å²) in [6.07, 6.45) is 0.226. The molecule has 0 aromatic heterocycles. The summed E-state index contributed by atoms with van der Waals surface area (Å²) in [7, 11) is 7.72. The molecular weight excluding hydrogens is 401 g/mol. The van der Waals surface area contributed by atoms with Gasteiger partial charge in [-0.1, -0.05) is 36.0 Å². The number of imide groups is 1. The van der Waals surface area contributed by atoms with Gasteiger partial charge in [-0.25, -0.2) is 0 Å². The molecular formula is C21H20BN3O4S. The predicted octanol–water partition coefficient (Wildman–Crippen LogP) is 2.56. The van der Waals surface area contributed by atoms with E-state index in [2.05, 4.69) is 17.0 Å². The molecule has 152 valence electrons. The summed E-state index contributed by atoms with van der Waals surface area (Å²) >= 11 is 0.794. The van der Waals surface area contributed by atoms with Crippen LogP contribution < -0.4 is 10.1 Å².